The molecule has 35 heavy (non-hydrogen) atoms. The maximum absolute atomic E-state index is 12.7. The van der Waals surface area contributed by atoms with Gasteiger partial charge in [-0.2, -0.15) is 16.8 Å². The summed E-state index contributed by atoms with van der Waals surface area (Å²) < 4.78 is 60.5. The molecule has 0 saturated heterocycles. The van der Waals surface area contributed by atoms with E-state index in [-0.39, 0.29) is 9.79 Å². The summed E-state index contributed by atoms with van der Waals surface area (Å²) in [6.45, 7) is 0.910. The van der Waals surface area contributed by atoms with Crippen LogP contribution < -0.4 is 0 Å². The third-order valence-corrected chi connectivity index (χ3v) is 7.09. The Balaban J connectivity index is 2.48. The van der Waals surface area contributed by atoms with Crippen LogP contribution in [-0.4, -0.2) is 59.7 Å². The first kappa shape index (κ1) is 27.9. The maximum Gasteiger partial charge on any atom is 0.472 e. The van der Waals surface area contributed by atoms with Crippen molar-refractivity contribution in [1.29, 1.82) is 0 Å². The Kier molecular flexibility index (Phi) is 9.08. The van der Waals surface area contributed by atoms with Gasteiger partial charge in [0.05, 0.1) is 9.79 Å². The lowest BCUT2D eigenvalue weighted by atomic mass is 10.2. The minimum absolute atomic E-state index is 0.285. The molecule has 0 aliphatic heterocycles. The fourth-order valence-corrected chi connectivity index (χ4v) is 4.42. The van der Waals surface area contributed by atoms with Gasteiger partial charge in [0.1, 0.15) is 14.2 Å². The van der Waals surface area contributed by atoms with Crippen molar-refractivity contribution in [2.45, 2.75) is 29.3 Å². The van der Waals surface area contributed by atoms with Gasteiger partial charge in [-0.05, 0) is 38.1 Å². The van der Waals surface area contributed by atoms with Crippen LogP contribution in [0.1, 0.15) is 11.1 Å². The first-order chi connectivity index (χ1) is 16.4. The van der Waals surface area contributed by atoms with Gasteiger partial charge in [-0.1, -0.05) is 35.4 Å². The highest BCUT2D eigenvalue weighted by Crippen LogP contribution is 2.23. The van der Waals surface area contributed by atoms with Gasteiger partial charge < -0.3 is 20.1 Å². The third kappa shape index (κ3) is 6.84. The van der Waals surface area contributed by atoms with Crippen molar-refractivity contribution in [2.75, 3.05) is 27.4 Å². The first-order valence-corrected chi connectivity index (χ1v) is 12.5. The predicted molar refractivity (Wildman–Crippen MR) is 117 cm³/mol. The van der Waals surface area contributed by atoms with Crippen molar-refractivity contribution in [3.63, 3.8) is 0 Å². The fourth-order valence-electron chi connectivity index (χ4n) is 2.53. The van der Waals surface area contributed by atoms with Gasteiger partial charge in [0.2, 0.25) is 23.8 Å². The molecule has 0 unspecified atom stereocenters. The minimum Gasteiger partial charge on any atom is -0.592 e. The molecule has 0 N–H and O–H groups in total. The van der Waals surface area contributed by atoms with Gasteiger partial charge >= 0.3 is 5.66 Å². The van der Waals surface area contributed by atoms with E-state index in [0.717, 1.165) is 25.3 Å². The van der Waals surface area contributed by atoms with Crippen LogP contribution in [-0.2, 0) is 38.3 Å². The number of rotatable bonds is 12. The number of nitrogens with zero attached hydrogens (tertiary/aromatic N) is 4. The van der Waals surface area contributed by atoms with Gasteiger partial charge in [0, 0.05) is 9.72 Å². The zero-order valence-corrected chi connectivity index (χ0v) is 20.9. The Hall–Kier alpha value is -3.34. The summed E-state index contributed by atoms with van der Waals surface area (Å²) in [6, 6.07) is 11.0. The van der Waals surface area contributed by atoms with Gasteiger partial charge in [0.25, 0.3) is 20.2 Å². The summed E-state index contributed by atoms with van der Waals surface area (Å²) in [4.78, 5) is 7.32. The summed E-state index contributed by atoms with van der Waals surface area (Å²) in [6.07, 6.45) is 0. The van der Waals surface area contributed by atoms with Crippen molar-refractivity contribution in [1.82, 2.24) is 0 Å². The average Bonchev–Trinajstić information content (AvgIpc) is 2.80. The van der Waals surface area contributed by atoms with E-state index in [0.29, 0.717) is 0 Å². The van der Waals surface area contributed by atoms with Gasteiger partial charge in [0.15, 0.2) is 0 Å². The highest BCUT2D eigenvalue weighted by molar-refractivity contribution is 7.87. The molecular weight excluding hydrogens is 508 g/mol. The van der Waals surface area contributed by atoms with Crippen LogP contribution in [0.15, 0.2) is 68.9 Å². The first-order valence-electron chi connectivity index (χ1n) is 9.73. The molecule has 0 atom stereocenters. The largest absolute Gasteiger partial charge is 0.592 e. The predicted octanol–water partition coefficient (Wildman–Crippen LogP) is 2.16. The molecule has 0 bridgehead atoms. The van der Waals surface area contributed by atoms with Crippen LogP contribution in [0.3, 0.4) is 0 Å². The molecule has 2 aromatic rings. The summed E-state index contributed by atoms with van der Waals surface area (Å²) >= 11 is 0. The summed E-state index contributed by atoms with van der Waals surface area (Å²) in [5, 5.41) is 31.5. The minimum atomic E-state index is -4.52. The Morgan fingerprint density at radius 3 is 1.31 bits per heavy atom. The number of hydroxylamine groups is 2. The van der Waals surface area contributed by atoms with Crippen LogP contribution in [0, 0.1) is 24.3 Å². The van der Waals surface area contributed by atoms with E-state index in [1.54, 1.807) is 13.8 Å². The smallest absolute Gasteiger partial charge is 0.472 e. The summed E-state index contributed by atoms with van der Waals surface area (Å²) in [5.41, 5.74) is -1.31. The zero-order valence-electron chi connectivity index (χ0n) is 19.2. The SMILES string of the molecule is CON=[N+]([O-])C(COS(=O)(=O)c1ccc(C)cc1)(COS(=O)(=O)c1ccc(C)cc1)[N+]([O-])=NOC. The van der Waals surface area contributed by atoms with Crippen molar-refractivity contribution in [2.24, 2.45) is 10.6 Å². The van der Waals surface area contributed by atoms with Gasteiger partial charge in [-0.3, -0.25) is 8.37 Å². The molecular formula is C19H24N4O10S2. The molecule has 2 rings (SSSR count). The fraction of sp³-hybridized carbons (Fsp3) is 0.368. The van der Waals surface area contributed by atoms with Crippen molar-refractivity contribution >= 4 is 20.2 Å². The van der Waals surface area contributed by atoms with E-state index >= 15 is 0 Å². The molecule has 0 aliphatic carbocycles. The second-order valence-electron chi connectivity index (χ2n) is 7.12. The average molecular weight is 533 g/mol. The van der Waals surface area contributed by atoms with E-state index in [1.807, 2.05) is 0 Å². The standard InChI is InChI=1S/C19H24N4O10S2/c1-15-5-9-17(10-6-15)34(26,27)32-13-19(22(24)20-30-3,23(25)21-31-4)14-33-35(28,29)18-11-7-16(2)8-12-18/h5-12H,13-14H2,1-4H3. The topological polar surface area (TPSA) is 182 Å². The quantitative estimate of drug-likeness (QED) is 0.129. The van der Waals surface area contributed by atoms with E-state index in [4.69, 9.17) is 8.37 Å². The molecule has 0 aliphatic rings. The second-order valence-corrected chi connectivity index (χ2v) is 10.3. The highest BCUT2D eigenvalue weighted by atomic mass is 32.2. The summed E-state index contributed by atoms with van der Waals surface area (Å²) in [7, 11) is -7.11. The number of hydrogen-bond donors (Lipinski definition) is 0. The Bertz CT molecular complexity index is 1170. The van der Waals surface area contributed by atoms with E-state index in [2.05, 4.69) is 20.2 Å². The Labute approximate surface area is 202 Å². The molecule has 2 aromatic carbocycles. The highest BCUT2D eigenvalue weighted by Gasteiger charge is 2.57. The molecule has 0 spiro atoms. The molecule has 16 heteroatoms. The third-order valence-electron chi connectivity index (χ3n) is 4.53. The van der Waals surface area contributed by atoms with Crippen LogP contribution >= 0.6 is 0 Å². The van der Waals surface area contributed by atoms with Crippen LogP contribution in [0.2, 0.25) is 0 Å². The molecule has 0 amide bonds. The lowest BCUT2D eigenvalue weighted by molar-refractivity contribution is -0.847. The number of benzene rings is 2. The monoisotopic (exact) mass is 532 g/mol. The Morgan fingerprint density at radius 2 is 1.03 bits per heavy atom. The number of aryl methyl sites for hydroxylation is 2. The van der Waals surface area contributed by atoms with Crippen molar-refractivity contribution in [3.8, 4) is 0 Å². The van der Waals surface area contributed by atoms with E-state index in [9.17, 15) is 27.3 Å². The maximum atomic E-state index is 12.7. The molecule has 14 nitrogen and oxygen atoms in total. The van der Waals surface area contributed by atoms with Gasteiger partial charge in [-0.15, -0.1) is 0 Å². The van der Waals surface area contributed by atoms with Gasteiger partial charge in [-0.25, -0.2) is 0 Å². The van der Waals surface area contributed by atoms with Crippen molar-refractivity contribution < 1.29 is 44.6 Å². The van der Waals surface area contributed by atoms with Crippen LogP contribution in [0.25, 0.3) is 0 Å². The van der Waals surface area contributed by atoms with E-state index < -0.39 is 48.8 Å². The molecule has 0 radical (unpaired) electrons. The number of hydrogen-bond acceptors (Lipinski definition) is 12. The molecule has 0 aromatic heterocycles. The lowest BCUT2D eigenvalue weighted by Gasteiger charge is -2.23. The Morgan fingerprint density at radius 1 is 0.714 bits per heavy atom. The normalized spacial score (nSPS) is 13.5. The van der Waals surface area contributed by atoms with E-state index in [1.165, 1.54) is 48.5 Å². The summed E-state index contributed by atoms with van der Waals surface area (Å²) in [5.74, 6) is 0. The zero-order chi connectivity index (χ0) is 26.3. The second kappa shape index (κ2) is 11.4. The lowest BCUT2D eigenvalue weighted by Crippen LogP contribution is -2.55. The molecule has 0 heterocycles. The van der Waals surface area contributed by atoms with Crippen LogP contribution in [0.5, 0.6) is 0 Å². The molecule has 0 fully saturated rings. The molecule has 192 valence electrons. The van der Waals surface area contributed by atoms with Crippen molar-refractivity contribution in [3.05, 3.63) is 70.1 Å². The van der Waals surface area contributed by atoms with Crippen LogP contribution in [0.4, 0.5) is 0 Å². The molecule has 0 saturated carbocycles.